The molecule has 0 bridgehead atoms. The Bertz CT molecular complexity index is 1480. The Balaban J connectivity index is 1.38. The van der Waals surface area contributed by atoms with Crippen LogP contribution in [-0.2, 0) is 11.4 Å². The average molecular weight is 526 g/mol. The first-order chi connectivity index (χ1) is 19.1. The summed E-state index contributed by atoms with van der Waals surface area (Å²) in [7, 11) is 3.17. The molecule has 0 unspecified atom stereocenters. The van der Waals surface area contributed by atoms with Gasteiger partial charge in [-0.05, 0) is 49.7 Å². The van der Waals surface area contributed by atoms with E-state index in [9.17, 15) is 4.79 Å². The third-order valence-electron chi connectivity index (χ3n) is 6.46. The minimum atomic E-state index is -0.188. The van der Waals surface area contributed by atoms with Crippen LogP contribution in [0.25, 0.3) is 10.9 Å². The lowest BCUT2D eigenvalue weighted by Gasteiger charge is -2.16. The van der Waals surface area contributed by atoms with Gasteiger partial charge in [0.1, 0.15) is 24.5 Å². The molecule has 0 atom stereocenters. The second-order valence-electron chi connectivity index (χ2n) is 9.10. The number of nitrogens with one attached hydrogen (secondary N) is 3. The summed E-state index contributed by atoms with van der Waals surface area (Å²) in [6, 6.07) is 19.2. The van der Waals surface area contributed by atoms with E-state index in [2.05, 4.69) is 25.9 Å². The Morgan fingerprint density at radius 2 is 1.74 bits per heavy atom. The van der Waals surface area contributed by atoms with E-state index in [0.717, 1.165) is 48.1 Å². The minimum Gasteiger partial charge on any atom is -0.494 e. The lowest BCUT2D eigenvalue weighted by molar-refractivity contribution is -0.112. The molecule has 1 aliphatic heterocycles. The van der Waals surface area contributed by atoms with Gasteiger partial charge in [0.05, 0.1) is 25.4 Å². The van der Waals surface area contributed by atoms with Gasteiger partial charge < -0.3 is 30.2 Å². The van der Waals surface area contributed by atoms with Crippen LogP contribution in [0.1, 0.15) is 18.4 Å². The maximum absolute atomic E-state index is 12.8. The molecule has 5 rings (SSSR count). The van der Waals surface area contributed by atoms with Crippen LogP contribution in [0.15, 0.2) is 78.6 Å². The van der Waals surface area contributed by atoms with Crippen LogP contribution in [0.5, 0.6) is 17.2 Å². The van der Waals surface area contributed by atoms with Crippen molar-refractivity contribution >= 4 is 34.0 Å². The monoisotopic (exact) mass is 525 g/mol. The molecule has 1 aromatic heterocycles. The van der Waals surface area contributed by atoms with Crippen LogP contribution in [0, 0.1) is 0 Å². The van der Waals surface area contributed by atoms with Gasteiger partial charge in [-0.3, -0.25) is 4.79 Å². The van der Waals surface area contributed by atoms with Gasteiger partial charge >= 0.3 is 0 Å². The number of hydrogen-bond donors (Lipinski definition) is 3. The van der Waals surface area contributed by atoms with Crippen molar-refractivity contribution in [3.63, 3.8) is 0 Å². The predicted molar refractivity (Wildman–Crippen MR) is 152 cm³/mol. The fourth-order valence-corrected chi connectivity index (χ4v) is 4.43. The Hall–Kier alpha value is -4.63. The number of hydrogen-bond acceptors (Lipinski definition) is 8. The quantitative estimate of drug-likeness (QED) is 0.256. The van der Waals surface area contributed by atoms with E-state index in [1.54, 1.807) is 26.4 Å². The number of carbonyl (C=O) groups excluding carboxylic acids is 1. The summed E-state index contributed by atoms with van der Waals surface area (Å²) in [5.41, 5.74) is 4.17. The highest BCUT2D eigenvalue weighted by molar-refractivity contribution is 6.04. The fraction of sp³-hybridized carbons (Fsp3) is 0.233. The number of fused-ring (bicyclic) bond motifs is 1. The number of anilines is 3. The van der Waals surface area contributed by atoms with Gasteiger partial charge in [-0.1, -0.05) is 35.9 Å². The SMILES string of the molecule is COc1cc2ncnc(Nc3ccc(OCc4ccccc4)c(OC)c3)c2cc1NC(=O)C=C1CCNCC1. The maximum Gasteiger partial charge on any atom is 0.248 e. The number of benzene rings is 3. The largest absolute Gasteiger partial charge is 0.494 e. The molecule has 200 valence electrons. The van der Waals surface area contributed by atoms with E-state index in [1.165, 1.54) is 6.33 Å². The topological polar surface area (TPSA) is 107 Å². The Morgan fingerprint density at radius 3 is 2.51 bits per heavy atom. The van der Waals surface area contributed by atoms with Gasteiger partial charge in [0.2, 0.25) is 5.91 Å². The molecule has 39 heavy (non-hydrogen) atoms. The number of methoxy groups -OCH3 is 2. The summed E-state index contributed by atoms with van der Waals surface area (Å²) >= 11 is 0. The summed E-state index contributed by atoms with van der Waals surface area (Å²) < 4.78 is 17.1. The van der Waals surface area contributed by atoms with E-state index in [4.69, 9.17) is 14.2 Å². The predicted octanol–water partition coefficient (Wildman–Crippen LogP) is 5.22. The molecule has 1 saturated heterocycles. The standard InChI is InChI=1S/C30H31N5O4/c1-37-27-17-24-23(16-25(27)35-29(36)14-20-10-12-31-13-11-20)30(33-19-32-24)34-22-8-9-26(28(15-22)38-2)39-18-21-6-4-3-5-7-21/h3-9,14-17,19,31H,10-13,18H2,1-2H3,(H,35,36)(H,32,33,34). The molecule has 0 radical (unpaired) electrons. The zero-order valence-corrected chi connectivity index (χ0v) is 22.0. The molecule has 9 nitrogen and oxygen atoms in total. The normalized spacial score (nSPS) is 13.0. The van der Waals surface area contributed by atoms with Crippen molar-refractivity contribution in [2.45, 2.75) is 19.4 Å². The molecule has 2 heterocycles. The van der Waals surface area contributed by atoms with Crippen LogP contribution in [0.4, 0.5) is 17.2 Å². The van der Waals surface area contributed by atoms with Crippen molar-refractivity contribution in [3.05, 3.63) is 84.2 Å². The maximum atomic E-state index is 12.8. The molecular weight excluding hydrogens is 494 g/mol. The van der Waals surface area contributed by atoms with Gasteiger partial charge in [0, 0.05) is 29.3 Å². The van der Waals surface area contributed by atoms with Gasteiger partial charge in [0.25, 0.3) is 0 Å². The summed E-state index contributed by atoms with van der Waals surface area (Å²) in [5.74, 6) is 2.14. The molecule has 0 aliphatic carbocycles. The molecule has 9 heteroatoms. The van der Waals surface area contributed by atoms with Crippen molar-refractivity contribution in [2.24, 2.45) is 0 Å². The van der Waals surface area contributed by atoms with E-state index in [1.807, 2.05) is 54.6 Å². The molecular formula is C30H31N5O4. The zero-order valence-electron chi connectivity index (χ0n) is 22.0. The number of carbonyl (C=O) groups is 1. The molecule has 4 aromatic rings. The Labute approximate surface area is 227 Å². The van der Waals surface area contributed by atoms with Gasteiger partial charge in [-0.25, -0.2) is 9.97 Å². The first-order valence-corrected chi connectivity index (χ1v) is 12.8. The second-order valence-corrected chi connectivity index (χ2v) is 9.10. The molecule has 0 spiro atoms. The van der Waals surface area contributed by atoms with Crippen LogP contribution >= 0.6 is 0 Å². The number of nitrogens with zero attached hydrogens (tertiary/aromatic N) is 2. The number of ether oxygens (including phenoxy) is 3. The van der Waals surface area contributed by atoms with Crippen molar-refractivity contribution in [2.75, 3.05) is 37.9 Å². The first kappa shape index (κ1) is 26.0. The van der Waals surface area contributed by atoms with Gasteiger partial charge in [-0.2, -0.15) is 0 Å². The van der Waals surface area contributed by atoms with E-state index >= 15 is 0 Å². The van der Waals surface area contributed by atoms with Crippen LogP contribution in [0.3, 0.4) is 0 Å². The second kappa shape index (κ2) is 12.3. The summed E-state index contributed by atoms with van der Waals surface area (Å²) in [6.45, 7) is 2.20. The highest BCUT2D eigenvalue weighted by Crippen LogP contribution is 2.35. The summed E-state index contributed by atoms with van der Waals surface area (Å²) in [4.78, 5) is 21.6. The third kappa shape index (κ3) is 6.45. The Kier molecular flexibility index (Phi) is 8.18. The summed E-state index contributed by atoms with van der Waals surface area (Å²) in [5, 5.41) is 10.3. The van der Waals surface area contributed by atoms with Crippen molar-refractivity contribution in [1.82, 2.24) is 15.3 Å². The lowest BCUT2D eigenvalue weighted by atomic mass is 10.1. The number of piperidine rings is 1. The van der Waals surface area contributed by atoms with Crippen LogP contribution in [0.2, 0.25) is 0 Å². The molecule has 0 saturated carbocycles. The van der Waals surface area contributed by atoms with Crippen molar-refractivity contribution in [1.29, 1.82) is 0 Å². The molecule has 1 aliphatic rings. The fourth-order valence-electron chi connectivity index (χ4n) is 4.43. The molecule has 3 aromatic carbocycles. The van der Waals surface area contributed by atoms with Gasteiger partial charge in [0.15, 0.2) is 11.5 Å². The Morgan fingerprint density at radius 1 is 0.949 bits per heavy atom. The van der Waals surface area contributed by atoms with E-state index < -0.39 is 0 Å². The molecule has 1 fully saturated rings. The molecule has 3 N–H and O–H groups in total. The number of aromatic nitrogens is 2. The van der Waals surface area contributed by atoms with Crippen LogP contribution < -0.4 is 30.2 Å². The summed E-state index contributed by atoms with van der Waals surface area (Å²) in [6.07, 6.45) is 4.89. The van der Waals surface area contributed by atoms with Crippen molar-refractivity contribution in [3.8, 4) is 17.2 Å². The number of amides is 1. The zero-order chi connectivity index (χ0) is 27.0. The first-order valence-electron chi connectivity index (χ1n) is 12.8. The lowest BCUT2D eigenvalue weighted by Crippen LogP contribution is -2.24. The van der Waals surface area contributed by atoms with E-state index in [-0.39, 0.29) is 5.91 Å². The van der Waals surface area contributed by atoms with Crippen LogP contribution in [-0.4, -0.2) is 43.2 Å². The average Bonchev–Trinajstić information content (AvgIpc) is 2.97. The third-order valence-corrected chi connectivity index (χ3v) is 6.46. The smallest absolute Gasteiger partial charge is 0.248 e. The minimum absolute atomic E-state index is 0.188. The van der Waals surface area contributed by atoms with Crippen molar-refractivity contribution < 1.29 is 19.0 Å². The van der Waals surface area contributed by atoms with E-state index in [0.29, 0.717) is 40.9 Å². The highest BCUT2D eigenvalue weighted by atomic mass is 16.5. The highest BCUT2D eigenvalue weighted by Gasteiger charge is 2.15. The van der Waals surface area contributed by atoms with Gasteiger partial charge in [-0.15, -0.1) is 0 Å². The number of rotatable bonds is 9. The molecule has 1 amide bonds.